The smallest absolute Gasteiger partial charge is 0.305 e. The van der Waals surface area contributed by atoms with E-state index < -0.39 is 12.1 Å². The molecule has 0 bridgehead atoms. The van der Waals surface area contributed by atoms with Crippen LogP contribution >= 0.6 is 0 Å². The van der Waals surface area contributed by atoms with Crippen molar-refractivity contribution in [2.45, 2.75) is 386 Å². The van der Waals surface area contributed by atoms with Gasteiger partial charge in [0.15, 0.2) is 0 Å². The largest absolute Gasteiger partial charge is 0.466 e. The molecule has 6 heteroatoms. The second-order valence-electron chi connectivity index (χ2n) is 23.5. The van der Waals surface area contributed by atoms with Gasteiger partial charge in [-0.1, -0.05) is 339 Å². The number of hydrogen-bond donors (Lipinski definition) is 3. The summed E-state index contributed by atoms with van der Waals surface area (Å²) in [5, 5.41) is 23.2. The Kier molecular flexibility index (Phi) is 63.9. The number of nitrogens with one attached hydrogen (secondary N) is 1. The van der Waals surface area contributed by atoms with E-state index in [1.807, 2.05) is 6.08 Å². The van der Waals surface area contributed by atoms with Crippen LogP contribution in [0, 0.1) is 0 Å². The number of aliphatic hydroxyl groups excluding tert-OH is 2. The average molecular weight is 1070 g/mol. The zero-order valence-corrected chi connectivity index (χ0v) is 51.3. The number of unbranched alkanes of at least 4 members (excludes halogenated alkanes) is 49. The van der Waals surface area contributed by atoms with Crippen molar-refractivity contribution in [3.05, 3.63) is 36.5 Å². The molecule has 6 nitrogen and oxygen atoms in total. The molecule has 0 saturated heterocycles. The van der Waals surface area contributed by atoms with Crippen LogP contribution in [0.15, 0.2) is 36.5 Å². The molecule has 2 unspecified atom stereocenters. The van der Waals surface area contributed by atoms with E-state index in [9.17, 15) is 19.8 Å². The molecule has 0 spiro atoms. The van der Waals surface area contributed by atoms with E-state index >= 15 is 0 Å². The summed E-state index contributed by atoms with van der Waals surface area (Å²) in [5.41, 5.74) is 0. The van der Waals surface area contributed by atoms with Gasteiger partial charge in [-0.2, -0.15) is 0 Å². The Balaban J connectivity index is 3.38. The molecule has 0 saturated carbocycles. The predicted molar refractivity (Wildman–Crippen MR) is 333 cm³/mol. The highest BCUT2D eigenvalue weighted by Gasteiger charge is 2.18. The van der Waals surface area contributed by atoms with Gasteiger partial charge in [0.25, 0.3) is 0 Å². The summed E-state index contributed by atoms with van der Waals surface area (Å²) in [7, 11) is 0. The molecule has 0 aliphatic carbocycles. The third kappa shape index (κ3) is 61.3. The van der Waals surface area contributed by atoms with Gasteiger partial charge in [0.1, 0.15) is 0 Å². The number of carbonyl (C=O) groups is 2. The Labute approximate surface area is 474 Å². The van der Waals surface area contributed by atoms with E-state index in [2.05, 4.69) is 43.5 Å². The monoisotopic (exact) mass is 1070 g/mol. The van der Waals surface area contributed by atoms with Crippen LogP contribution < -0.4 is 5.32 Å². The number of aliphatic hydroxyl groups is 2. The minimum absolute atomic E-state index is 0.00329. The van der Waals surface area contributed by atoms with E-state index in [1.54, 1.807) is 6.08 Å². The van der Waals surface area contributed by atoms with Crippen molar-refractivity contribution in [3.8, 4) is 0 Å². The van der Waals surface area contributed by atoms with Crippen LogP contribution in [0.25, 0.3) is 0 Å². The summed E-state index contributed by atoms with van der Waals surface area (Å²) in [4.78, 5) is 24.6. The third-order valence-electron chi connectivity index (χ3n) is 15.9. The number of amides is 1. The summed E-state index contributed by atoms with van der Waals surface area (Å²) in [6.07, 6.45) is 83.6. The van der Waals surface area contributed by atoms with Crippen LogP contribution in [-0.4, -0.2) is 47.4 Å². The summed E-state index contributed by atoms with van der Waals surface area (Å²) in [6.45, 7) is 4.89. The highest BCUT2D eigenvalue weighted by molar-refractivity contribution is 5.76. The molecular weight excluding hydrogens is 935 g/mol. The van der Waals surface area contributed by atoms with Crippen molar-refractivity contribution in [3.63, 3.8) is 0 Å². The van der Waals surface area contributed by atoms with Gasteiger partial charge in [0.05, 0.1) is 25.4 Å². The number of allylic oxidation sites excluding steroid dienone is 5. The van der Waals surface area contributed by atoms with Crippen LogP contribution in [0.3, 0.4) is 0 Å². The zero-order chi connectivity index (χ0) is 55.0. The minimum Gasteiger partial charge on any atom is -0.466 e. The summed E-state index contributed by atoms with van der Waals surface area (Å²) in [6, 6.07) is -0.626. The van der Waals surface area contributed by atoms with Gasteiger partial charge in [-0.15, -0.1) is 0 Å². The molecule has 0 radical (unpaired) electrons. The second-order valence-corrected chi connectivity index (χ2v) is 23.5. The maximum Gasteiger partial charge on any atom is 0.305 e. The molecule has 2 atom stereocenters. The number of carbonyl (C=O) groups excluding carboxylic acids is 2. The Morgan fingerprint density at radius 1 is 0.368 bits per heavy atom. The maximum absolute atomic E-state index is 12.5. The molecule has 3 N–H and O–H groups in total. The van der Waals surface area contributed by atoms with Gasteiger partial charge in [-0.05, 0) is 57.8 Å². The number of hydrogen-bond acceptors (Lipinski definition) is 5. The highest BCUT2D eigenvalue weighted by atomic mass is 16.5. The number of esters is 1. The zero-order valence-electron chi connectivity index (χ0n) is 51.3. The lowest BCUT2D eigenvalue weighted by Crippen LogP contribution is -2.45. The molecule has 0 aromatic carbocycles. The average Bonchev–Trinajstić information content (AvgIpc) is 3.42. The number of ether oxygens (including phenoxy) is 1. The first kappa shape index (κ1) is 74.1. The molecule has 0 rings (SSSR count). The van der Waals surface area contributed by atoms with E-state index in [4.69, 9.17) is 4.74 Å². The van der Waals surface area contributed by atoms with Gasteiger partial charge >= 0.3 is 5.97 Å². The predicted octanol–water partition coefficient (Wildman–Crippen LogP) is 21.9. The van der Waals surface area contributed by atoms with Crippen LogP contribution in [-0.2, 0) is 14.3 Å². The fourth-order valence-corrected chi connectivity index (χ4v) is 10.7. The molecule has 0 aliphatic heterocycles. The fourth-order valence-electron chi connectivity index (χ4n) is 10.7. The van der Waals surface area contributed by atoms with E-state index in [-0.39, 0.29) is 18.5 Å². The van der Waals surface area contributed by atoms with Crippen LogP contribution in [0.2, 0.25) is 0 Å². The van der Waals surface area contributed by atoms with E-state index in [0.29, 0.717) is 19.4 Å². The lowest BCUT2D eigenvalue weighted by atomic mass is 10.0. The quantitative estimate of drug-likeness (QED) is 0.0320. The van der Waals surface area contributed by atoms with Crippen molar-refractivity contribution >= 4 is 11.9 Å². The molecule has 0 fully saturated rings. The molecular formula is C70H133NO5. The molecule has 448 valence electrons. The molecule has 76 heavy (non-hydrogen) atoms. The third-order valence-corrected chi connectivity index (χ3v) is 15.9. The molecule has 0 aromatic heterocycles. The van der Waals surface area contributed by atoms with Gasteiger partial charge in [-0.25, -0.2) is 0 Å². The SMILES string of the molecule is CCCC/C=C\C/C=C\CCCCCCCC(=O)OCCCCCCCCCCCCCCCCCCCCCCCCCCCCCC(=O)NC(CO)C(O)/C=C/CCCCCCCCCCCCCCCCCC. The van der Waals surface area contributed by atoms with Gasteiger partial charge < -0.3 is 20.3 Å². The van der Waals surface area contributed by atoms with Crippen molar-refractivity contribution in [2.24, 2.45) is 0 Å². The Morgan fingerprint density at radius 3 is 1.04 bits per heavy atom. The van der Waals surface area contributed by atoms with Crippen LogP contribution in [0.5, 0.6) is 0 Å². The summed E-state index contributed by atoms with van der Waals surface area (Å²) >= 11 is 0. The fraction of sp³-hybridized carbons (Fsp3) is 0.886. The molecule has 0 aliphatic rings. The van der Waals surface area contributed by atoms with Crippen molar-refractivity contribution in [1.29, 1.82) is 0 Å². The van der Waals surface area contributed by atoms with Gasteiger partial charge in [-0.3, -0.25) is 9.59 Å². The van der Waals surface area contributed by atoms with Crippen molar-refractivity contribution in [2.75, 3.05) is 13.2 Å². The first-order chi connectivity index (χ1) is 37.5. The maximum atomic E-state index is 12.5. The minimum atomic E-state index is -0.843. The van der Waals surface area contributed by atoms with Crippen LogP contribution in [0.4, 0.5) is 0 Å². The summed E-state index contributed by atoms with van der Waals surface area (Å²) < 4.78 is 5.48. The van der Waals surface area contributed by atoms with E-state index in [1.165, 1.54) is 295 Å². The van der Waals surface area contributed by atoms with E-state index in [0.717, 1.165) is 51.4 Å². The van der Waals surface area contributed by atoms with Gasteiger partial charge in [0.2, 0.25) is 5.91 Å². The molecule has 1 amide bonds. The Morgan fingerprint density at radius 2 is 0.671 bits per heavy atom. The second kappa shape index (κ2) is 65.6. The van der Waals surface area contributed by atoms with Gasteiger partial charge in [0, 0.05) is 12.8 Å². The standard InChI is InChI=1S/C70H133NO5/c1-3-5-7-9-11-13-15-17-19-20-32-35-38-42-46-50-54-58-62-68(73)67(66-72)71-69(74)63-59-55-51-47-43-39-36-33-30-28-26-24-22-21-23-25-27-29-31-34-37-41-45-49-53-57-61-65-76-70(75)64-60-56-52-48-44-40-18-16-14-12-10-8-6-4-2/h10,12,16,18,58,62,67-68,72-73H,3-9,11,13-15,17,19-57,59-61,63-66H2,1-2H3,(H,71,74)/b12-10-,18-16-,62-58+. The Hall–Kier alpha value is -1.92. The lowest BCUT2D eigenvalue weighted by molar-refractivity contribution is -0.143. The molecule has 0 aromatic rings. The lowest BCUT2D eigenvalue weighted by Gasteiger charge is -2.20. The molecule has 0 heterocycles. The topological polar surface area (TPSA) is 95.9 Å². The normalized spacial score (nSPS) is 12.7. The first-order valence-corrected chi connectivity index (χ1v) is 34.3. The van der Waals surface area contributed by atoms with Crippen molar-refractivity contribution in [1.82, 2.24) is 5.32 Å². The van der Waals surface area contributed by atoms with Crippen molar-refractivity contribution < 1.29 is 24.5 Å². The first-order valence-electron chi connectivity index (χ1n) is 34.3. The summed E-state index contributed by atoms with van der Waals surface area (Å²) in [5.74, 6) is -0.0592. The number of rotatable bonds is 64. The highest BCUT2D eigenvalue weighted by Crippen LogP contribution is 2.18. The van der Waals surface area contributed by atoms with Crippen LogP contribution in [0.1, 0.15) is 373 Å². The Bertz CT molecular complexity index is 1230.